The zero-order chi connectivity index (χ0) is 17.4. The molecule has 0 aliphatic heterocycles. The molecule has 126 valence electrons. The number of benzene rings is 1. The van der Waals surface area contributed by atoms with Gasteiger partial charge in [-0.05, 0) is 30.2 Å². The Morgan fingerprint density at radius 2 is 1.92 bits per heavy atom. The largest absolute Gasteiger partial charge is 0.326 e. The third kappa shape index (κ3) is 5.92. The number of nitrogens with one attached hydrogen (secondary N) is 2. The van der Waals surface area contributed by atoms with Crippen molar-refractivity contribution < 1.29 is 9.59 Å². The van der Waals surface area contributed by atoms with Gasteiger partial charge in [0.15, 0.2) is 0 Å². The van der Waals surface area contributed by atoms with Crippen LogP contribution in [0.4, 0.5) is 10.8 Å². The number of hydrogen-bond donors (Lipinski definition) is 2. The number of aryl methyl sites for hydroxylation is 1. The van der Waals surface area contributed by atoms with Gasteiger partial charge in [0.05, 0.1) is 0 Å². The van der Waals surface area contributed by atoms with Crippen molar-refractivity contribution in [3.05, 3.63) is 40.9 Å². The van der Waals surface area contributed by atoms with Gasteiger partial charge in [0, 0.05) is 25.1 Å². The van der Waals surface area contributed by atoms with Crippen LogP contribution < -0.4 is 10.6 Å². The summed E-state index contributed by atoms with van der Waals surface area (Å²) in [6.07, 6.45) is 6.20. The van der Waals surface area contributed by atoms with E-state index in [1.807, 2.05) is 12.1 Å². The van der Waals surface area contributed by atoms with Crippen molar-refractivity contribution in [2.24, 2.45) is 0 Å². The molecule has 2 rings (SSSR count). The maximum atomic E-state index is 11.9. The first-order chi connectivity index (χ1) is 11.6. The summed E-state index contributed by atoms with van der Waals surface area (Å²) >= 11 is 1.40. The molecule has 7 heteroatoms. The second kappa shape index (κ2) is 8.93. The average Bonchev–Trinajstić information content (AvgIpc) is 2.99. The van der Waals surface area contributed by atoms with Crippen LogP contribution in [-0.4, -0.2) is 22.0 Å². The molecule has 6 nitrogen and oxygen atoms in total. The Hall–Kier alpha value is -2.54. The molecule has 0 spiro atoms. The van der Waals surface area contributed by atoms with Crippen molar-refractivity contribution in [3.8, 4) is 0 Å². The van der Waals surface area contributed by atoms with E-state index in [0.717, 1.165) is 35.5 Å². The van der Waals surface area contributed by atoms with Crippen LogP contribution >= 0.6 is 11.3 Å². The molecular weight excluding hydrogens is 324 g/mol. The lowest BCUT2D eigenvalue weighted by Crippen LogP contribution is -2.07. The zero-order valence-electron chi connectivity index (χ0n) is 13.7. The maximum Gasteiger partial charge on any atom is 0.250 e. The molecule has 0 atom stereocenters. The molecule has 0 aliphatic carbocycles. The molecular formula is C17H20N4O2S. The number of carbonyl (C=O) groups excluding carboxylic acids is 2. The van der Waals surface area contributed by atoms with Gasteiger partial charge in [-0.1, -0.05) is 36.8 Å². The van der Waals surface area contributed by atoms with Crippen LogP contribution in [0.3, 0.4) is 0 Å². The highest BCUT2D eigenvalue weighted by atomic mass is 32.1. The van der Waals surface area contributed by atoms with Crippen molar-refractivity contribution in [1.29, 1.82) is 0 Å². The number of amides is 2. The quantitative estimate of drug-likeness (QED) is 0.753. The molecule has 0 unspecified atom stereocenters. The third-order valence-corrected chi connectivity index (χ3v) is 4.00. The molecule has 0 saturated heterocycles. The molecule has 2 amide bonds. The van der Waals surface area contributed by atoms with E-state index in [0.29, 0.717) is 5.13 Å². The monoisotopic (exact) mass is 344 g/mol. The fraction of sp³-hybridized carbons (Fsp3) is 0.294. The van der Waals surface area contributed by atoms with Crippen LogP contribution in [0.5, 0.6) is 0 Å². The van der Waals surface area contributed by atoms with Gasteiger partial charge in [-0.2, -0.15) is 0 Å². The first-order valence-electron chi connectivity index (χ1n) is 7.76. The predicted molar refractivity (Wildman–Crippen MR) is 96.9 cm³/mol. The first kappa shape index (κ1) is 17.8. The first-order valence-corrected chi connectivity index (χ1v) is 8.57. The summed E-state index contributed by atoms with van der Waals surface area (Å²) in [6, 6.07) is 7.21. The van der Waals surface area contributed by atoms with E-state index in [1.54, 1.807) is 18.2 Å². The number of nitrogens with zero attached hydrogens (tertiary/aromatic N) is 2. The lowest BCUT2D eigenvalue weighted by atomic mass is 10.2. The molecule has 0 bridgehead atoms. The van der Waals surface area contributed by atoms with Crippen molar-refractivity contribution in [3.63, 3.8) is 0 Å². The molecule has 0 radical (unpaired) electrons. The minimum Gasteiger partial charge on any atom is -0.326 e. The molecule has 0 fully saturated rings. The Labute approximate surface area is 145 Å². The van der Waals surface area contributed by atoms with E-state index in [1.165, 1.54) is 24.3 Å². The van der Waals surface area contributed by atoms with Crippen LogP contribution in [0.2, 0.25) is 0 Å². The number of hydrogen-bond acceptors (Lipinski definition) is 5. The molecule has 24 heavy (non-hydrogen) atoms. The third-order valence-electron chi connectivity index (χ3n) is 3.10. The van der Waals surface area contributed by atoms with Gasteiger partial charge in [-0.25, -0.2) is 0 Å². The van der Waals surface area contributed by atoms with Crippen LogP contribution in [0.15, 0.2) is 30.3 Å². The average molecular weight is 344 g/mol. The maximum absolute atomic E-state index is 11.9. The Morgan fingerprint density at radius 1 is 1.17 bits per heavy atom. The molecule has 0 saturated carbocycles. The molecule has 2 aromatic rings. The predicted octanol–water partition coefficient (Wildman–Crippen LogP) is 3.49. The molecule has 1 aromatic heterocycles. The molecule has 2 N–H and O–H groups in total. The van der Waals surface area contributed by atoms with E-state index in [4.69, 9.17) is 0 Å². The normalized spacial score (nSPS) is 10.8. The summed E-state index contributed by atoms with van der Waals surface area (Å²) in [5.41, 5.74) is 1.58. The van der Waals surface area contributed by atoms with Crippen molar-refractivity contribution in [2.75, 3.05) is 10.6 Å². The fourth-order valence-electron chi connectivity index (χ4n) is 1.93. The molecule has 1 heterocycles. The van der Waals surface area contributed by atoms with E-state index in [2.05, 4.69) is 27.8 Å². The van der Waals surface area contributed by atoms with Gasteiger partial charge in [0.1, 0.15) is 5.01 Å². The smallest absolute Gasteiger partial charge is 0.250 e. The van der Waals surface area contributed by atoms with Crippen LogP contribution in [-0.2, 0) is 16.0 Å². The number of anilines is 2. The Kier molecular flexibility index (Phi) is 6.62. The van der Waals surface area contributed by atoms with Gasteiger partial charge >= 0.3 is 0 Å². The van der Waals surface area contributed by atoms with Crippen LogP contribution in [0.1, 0.15) is 37.3 Å². The van der Waals surface area contributed by atoms with Crippen molar-refractivity contribution in [2.45, 2.75) is 33.1 Å². The zero-order valence-corrected chi connectivity index (χ0v) is 14.5. The van der Waals surface area contributed by atoms with Crippen molar-refractivity contribution in [1.82, 2.24) is 10.2 Å². The van der Waals surface area contributed by atoms with E-state index in [9.17, 15) is 9.59 Å². The minimum absolute atomic E-state index is 0.118. The van der Waals surface area contributed by atoms with Gasteiger partial charge in [0.2, 0.25) is 16.9 Å². The van der Waals surface area contributed by atoms with Crippen LogP contribution in [0.25, 0.3) is 6.08 Å². The van der Waals surface area contributed by atoms with Gasteiger partial charge in [0.25, 0.3) is 0 Å². The Balaban J connectivity index is 1.88. The summed E-state index contributed by atoms with van der Waals surface area (Å²) < 4.78 is 0. The molecule has 1 aromatic carbocycles. The summed E-state index contributed by atoms with van der Waals surface area (Å²) in [6.45, 7) is 3.58. The SMILES string of the molecule is CCCCc1nnc(NC(=O)/C=C/c2ccc(NC(C)=O)cc2)s1. The summed E-state index contributed by atoms with van der Waals surface area (Å²) in [4.78, 5) is 22.9. The highest BCUT2D eigenvalue weighted by Crippen LogP contribution is 2.17. The topological polar surface area (TPSA) is 84.0 Å². The van der Waals surface area contributed by atoms with Gasteiger partial charge < -0.3 is 5.32 Å². The number of unbranched alkanes of at least 4 members (excludes halogenated alkanes) is 1. The second-order valence-corrected chi connectivity index (χ2v) is 6.29. The molecule has 0 aliphatic rings. The minimum atomic E-state index is -0.251. The summed E-state index contributed by atoms with van der Waals surface area (Å²) in [5, 5.41) is 14.9. The Morgan fingerprint density at radius 3 is 2.58 bits per heavy atom. The fourth-order valence-corrected chi connectivity index (χ4v) is 2.72. The Bertz CT molecular complexity index is 722. The lowest BCUT2D eigenvalue weighted by Gasteiger charge is -2.01. The number of rotatable bonds is 7. The van der Waals surface area contributed by atoms with Gasteiger partial charge in [-0.3, -0.25) is 14.9 Å². The van der Waals surface area contributed by atoms with Crippen molar-refractivity contribution >= 4 is 40.0 Å². The second-order valence-electron chi connectivity index (χ2n) is 5.23. The summed E-state index contributed by atoms with van der Waals surface area (Å²) in [7, 11) is 0. The number of carbonyl (C=O) groups is 2. The number of aromatic nitrogens is 2. The van der Waals surface area contributed by atoms with E-state index >= 15 is 0 Å². The van der Waals surface area contributed by atoms with E-state index < -0.39 is 0 Å². The van der Waals surface area contributed by atoms with Crippen LogP contribution in [0, 0.1) is 0 Å². The lowest BCUT2D eigenvalue weighted by molar-refractivity contribution is -0.114. The van der Waals surface area contributed by atoms with E-state index in [-0.39, 0.29) is 11.8 Å². The van der Waals surface area contributed by atoms with Gasteiger partial charge in [-0.15, -0.1) is 10.2 Å². The summed E-state index contributed by atoms with van der Waals surface area (Å²) in [5.74, 6) is -0.368. The highest BCUT2D eigenvalue weighted by Gasteiger charge is 2.05. The standard InChI is InChI=1S/C17H20N4O2S/c1-3-4-5-16-20-21-17(24-16)19-15(23)11-8-13-6-9-14(10-7-13)18-12(2)22/h6-11H,3-5H2,1-2H3,(H,18,22)(H,19,21,23)/b11-8+. The highest BCUT2D eigenvalue weighted by molar-refractivity contribution is 7.15.